The van der Waals surface area contributed by atoms with Crippen LogP contribution >= 0.6 is 0 Å². The fourth-order valence-electron chi connectivity index (χ4n) is 2.44. The van der Waals surface area contributed by atoms with E-state index in [0.717, 1.165) is 6.42 Å². The summed E-state index contributed by atoms with van der Waals surface area (Å²) in [6, 6.07) is -0.433. The monoisotopic (exact) mass is 255 g/mol. The Balaban J connectivity index is 2.17. The lowest BCUT2D eigenvalue weighted by Gasteiger charge is -2.24. The van der Waals surface area contributed by atoms with Crippen molar-refractivity contribution in [1.29, 1.82) is 0 Å². The molecule has 104 valence electrons. The van der Waals surface area contributed by atoms with Crippen LogP contribution in [-0.4, -0.2) is 31.4 Å². The zero-order valence-electron chi connectivity index (χ0n) is 11.2. The van der Waals surface area contributed by atoms with E-state index in [1.54, 1.807) is 7.05 Å². The molecule has 0 heterocycles. The summed E-state index contributed by atoms with van der Waals surface area (Å²) >= 11 is 0. The first-order chi connectivity index (χ1) is 8.63. The molecule has 1 saturated carbocycles. The van der Waals surface area contributed by atoms with Gasteiger partial charge in [0, 0.05) is 20.0 Å². The molecule has 0 bridgehead atoms. The number of rotatable bonds is 6. The van der Waals surface area contributed by atoms with Crippen LogP contribution in [0.4, 0.5) is 0 Å². The van der Waals surface area contributed by atoms with Crippen LogP contribution in [0.5, 0.6) is 0 Å². The molecule has 4 N–H and O–H groups in total. The summed E-state index contributed by atoms with van der Waals surface area (Å²) < 4.78 is 0. The third kappa shape index (κ3) is 5.49. The first kappa shape index (κ1) is 15.0. The minimum Gasteiger partial charge on any atom is -0.359 e. The Bertz CT molecular complexity index is 275. The van der Waals surface area contributed by atoms with Gasteiger partial charge >= 0.3 is 0 Å². The Morgan fingerprint density at radius 1 is 1.28 bits per heavy atom. The van der Waals surface area contributed by atoms with Gasteiger partial charge in [0.25, 0.3) is 0 Å². The van der Waals surface area contributed by atoms with Crippen molar-refractivity contribution in [1.82, 2.24) is 10.6 Å². The molecule has 1 atom stereocenters. The highest BCUT2D eigenvalue weighted by Gasteiger charge is 2.20. The lowest BCUT2D eigenvalue weighted by atomic mass is 9.85. The number of hydrogen-bond donors (Lipinski definition) is 3. The molecule has 1 aliphatic rings. The standard InChI is InChI=1S/C13H25N3O2/c1-15-12(17)7-8-16-13(18)11(14)9-10-5-3-2-4-6-10/h10-11H,2-9,14H2,1H3,(H,15,17)(H,16,18). The van der Waals surface area contributed by atoms with Crippen molar-refractivity contribution in [2.45, 2.75) is 51.0 Å². The van der Waals surface area contributed by atoms with Crippen molar-refractivity contribution in [2.75, 3.05) is 13.6 Å². The maximum Gasteiger partial charge on any atom is 0.236 e. The van der Waals surface area contributed by atoms with Gasteiger partial charge in [-0.25, -0.2) is 0 Å². The summed E-state index contributed by atoms with van der Waals surface area (Å²) in [5, 5.41) is 5.22. The maximum atomic E-state index is 11.7. The summed E-state index contributed by atoms with van der Waals surface area (Å²) in [5.41, 5.74) is 5.88. The van der Waals surface area contributed by atoms with Crippen LogP contribution in [0.1, 0.15) is 44.9 Å². The van der Waals surface area contributed by atoms with Crippen molar-refractivity contribution in [3.63, 3.8) is 0 Å². The van der Waals surface area contributed by atoms with Gasteiger partial charge in [-0.15, -0.1) is 0 Å². The van der Waals surface area contributed by atoms with Crippen LogP contribution < -0.4 is 16.4 Å². The van der Waals surface area contributed by atoms with Gasteiger partial charge in [0.05, 0.1) is 6.04 Å². The second-order valence-corrected chi connectivity index (χ2v) is 5.06. The summed E-state index contributed by atoms with van der Waals surface area (Å²) in [6.07, 6.45) is 7.29. The van der Waals surface area contributed by atoms with Crippen molar-refractivity contribution >= 4 is 11.8 Å². The fraction of sp³-hybridized carbons (Fsp3) is 0.846. The van der Waals surface area contributed by atoms with E-state index in [0.29, 0.717) is 18.9 Å². The molecule has 1 unspecified atom stereocenters. The van der Waals surface area contributed by atoms with E-state index in [1.807, 2.05) is 0 Å². The lowest BCUT2D eigenvalue weighted by molar-refractivity contribution is -0.123. The maximum absolute atomic E-state index is 11.7. The molecule has 0 spiro atoms. The van der Waals surface area contributed by atoms with Crippen LogP contribution in [0.2, 0.25) is 0 Å². The van der Waals surface area contributed by atoms with E-state index in [1.165, 1.54) is 32.1 Å². The average Bonchev–Trinajstić information content (AvgIpc) is 2.39. The molecule has 0 radical (unpaired) electrons. The second-order valence-electron chi connectivity index (χ2n) is 5.06. The van der Waals surface area contributed by atoms with Crippen molar-refractivity contribution in [3.05, 3.63) is 0 Å². The van der Waals surface area contributed by atoms with Crippen LogP contribution in [0.3, 0.4) is 0 Å². The minimum atomic E-state index is -0.433. The van der Waals surface area contributed by atoms with Crippen LogP contribution in [0.25, 0.3) is 0 Å². The Morgan fingerprint density at radius 3 is 2.56 bits per heavy atom. The molecule has 5 heteroatoms. The first-order valence-electron chi connectivity index (χ1n) is 6.87. The first-order valence-corrected chi connectivity index (χ1v) is 6.87. The van der Waals surface area contributed by atoms with Gasteiger partial charge in [-0.05, 0) is 12.3 Å². The van der Waals surface area contributed by atoms with Gasteiger partial charge in [-0.2, -0.15) is 0 Å². The molecule has 0 aromatic carbocycles. The fourth-order valence-corrected chi connectivity index (χ4v) is 2.44. The molecule has 18 heavy (non-hydrogen) atoms. The van der Waals surface area contributed by atoms with Gasteiger partial charge in [0.15, 0.2) is 0 Å². The second kappa shape index (κ2) is 8.08. The Kier molecular flexibility index (Phi) is 6.72. The third-order valence-corrected chi connectivity index (χ3v) is 3.58. The molecule has 0 aromatic heterocycles. The van der Waals surface area contributed by atoms with Gasteiger partial charge < -0.3 is 16.4 Å². The van der Waals surface area contributed by atoms with E-state index in [9.17, 15) is 9.59 Å². The van der Waals surface area contributed by atoms with Crippen molar-refractivity contribution in [2.24, 2.45) is 11.7 Å². The van der Waals surface area contributed by atoms with Crippen LogP contribution in [0, 0.1) is 5.92 Å². The number of carbonyl (C=O) groups excluding carboxylic acids is 2. The Labute approximate surface area is 109 Å². The number of nitrogens with two attached hydrogens (primary N) is 1. The molecule has 5 nitrogen and oxygen atoms in total. The highest BCUT2D eigenvalue weighted by Crippen LogP contribution is 2.26. The molecule has 2 amide bonds. The molecule has 0 aliphatic heterocycles. The third-order valence-electron chi connectivity index (χ3n) is 3.58. The van der Waals surface area contributed by atoms with Crippen LogP contribution in [0.15, 0.2) is 0 Å². The molecular weight excluding hydrogens is 230 g/mol. The van der Waals surface area contributed by atoms with Crippen LogP contribution in [-0.2, 0) is 9.59 Å². The summed E-state index contributed by atoms with van der Waals surface area (Å²) in [7, 11) is 1.58. The highest BCUT2D eigenvalue weighted by molar-refractivity contribution is 5.82. The van der Waals surface area contributed by atoms with Gasteiger partial charge in [0.2, 0.25) is 11.8 Å². The van der Waals surface area contributed by atoms with E-state index < -0.39 is 6.04 Å². The van der Waals surface area contributed by atoms with E-state index in [4.69, 9.17) is 5.73 Å². The van der Waals surface area contributed by atoms with E-state index in [-0.39, 0.29) is 11.8 Å². The molecular formula is C13H25N3O2. The van der Waals surface area contributed by atoms with Gasteiger partial charge in [-0.1, -0.05) is 32.1 Å². The zero-order chi connectivity index (χ0) is 13.4. The molecule has 0 aromatic rings. The normalized spacial score (nSPS) is 18.1. The number of amides is 2. The van der Waals surface area contributed by atoms with Gasteiger partial charge in [-0.3, -0.25) is 9.59 Å². The smallest absolute Gasteiger partial charge is 0.236 e. The molecule has 1 rings (SSSR count). The summed E-state index contributed by atoms with van der Waals surface area (Å²) in [4.78, 5) is 22.7. The lowest BCUT2D eigenvalue weighted by Crippen LogP contribution is -2.43. The Morgan fingerprint density at radius 2 is 1.94 bits per heavy atom. The van der Waals surface area contributed by atoms with Crippen molar-refractivity contribution in [3.8, 4) is 0 Å². The molecule has 1 aliphatic carbocycles. The SMILES string of the molecule is CNC(=O)CCNC(=O)C(N)CC1CCCCC1. The predicted octanol–water partition coefficient (Wildman–Crippen LogP) is 0.536. The predicted molar refractivity (Wildman–Crippen MR) is 70.9 cm³/mol. The number of hydrogen-bond acceptors (Lipinski definition) is 3. The minimum absolute atomic E-state index is 0.0730. The van der Waals surface area contributed by atoms with Gasteiger partial charge in [0.1, 0.15) is 0 Å². The van der Waals surface area contributed by atoms with Crippen molar-refractivity contribution < 1.29 is 9.59 Å². The van der Waals surface area contributed by atoms with E-state index >= 15 is 0 Å². The Hall–Kier alpha value is -1.10. The largest absolute Gasteiger partial charge is 0.359 e. The summed E-state index contributed by atoms with van der Waals surface area (Å²) in [5.74, 6) is 0.388. The quantitative estimate of drug-likeness (QED) is 0.647. The van der Waals surface area contributed by atoms with E-state index in [2.05, 4.69) is 10.6 Å². The number of carbonyl (C=O) groups is 2. The topological polar surface area (TPSA) is 84.2 Å². The average molecular weight is 255 g/mol. The zero-order valence-corrected chi connectivity index (χ0v) is 11.2. The highest BCUT2D eigenvalue weighted by atomic mass is 16.2. The number of nitrogens with one attached hydrogen (secondary N) is 2. The molecule has 1 fully saturated rings. The summed E-state index contributed by atoms with van der Waals surface area (Å²) in [6.45, 7) is 0.358. The molecule has 0 saturated heterocycles.